The molecule has 0 spiro atoms. The van der Waals surface area contributed by atoms with Crippen LogP contribution in [0.1, 0.15) is 27.2 Å². The number of allylic oxidation sites excluding steroid dienone is 1. The minimum absolute atomic E-state index is 0.00227. The van der Waals surface area contributed by atoms with Crippen LogP contribution in [0.4, 0.5) is 4.79 Å². The summed E-state index contributed by atoms with van der Waals surface area (Å²) in [7, 11) is -0.155. The molecule has 0 aliphatic carbocycles. The molecular weight excluding hydrogens is 449 g/mol. The van der Waals surface area contributed by atoms with Gasteiger partial charge in [-0.15, -0.1) is 0 Å². The number of rotatable bonds is 12. The van der Waals surface area contributed by atoms with E-state index in [4.69, 9.17) is 18.5 Å². The smallest absolute Gasteiger partial charge is 0.323 e. The maximum atomic E-state index is 12.2. The molecule has 3 unspecified atom stereocenters. The molecule has 1 aliphatic rings. The lowest BCUT2D eigenvalue weighted by Gasteiger charge is -2.27. The van der Waals surface area contributed by atoms with Gasteiger partial charge in [0.25, 0.3) is 0 Å². The number of urea groups is 1. The van der Waals surface area contributed by atoms with E-state index in [0.29, 0.717) is 18.5 Å². The fourth-order valence-electron chi connectivity index (χ4n) is 3.16. The Morgan fingerprint density at radius 2 is 2.03 bits per heavy atom. The molecule has 2 rings (SSSR count). The standard InChI is InChI=1S/C22H32N3O7P/c1-16(2)30-20(27)14-24-33(32-18-9-6-5-7-10-18)29-15-19-13-17(3)21(31-19)25(11-8-12-26)22(28)23-4/h5-12,16-17,19,21,24H,13-15H2,1-4H3,(H,23,28)/b11-8-/t17?,19?,21-,33?/m1/s1. The second kappa shape index (κ2) is 13.9. The Labute approximate surface area is 195 Å². The van der Waals surface area contributed by atoms with Crippen molar-refractivity contribution in [1.29, 1.82) is 0 Å². The number of amides is 2. The van der Waals surface area contributed by atoms with Gasteiger partial charge in [-0.25, -0.2) is 9.88 Å². The van der Waals surface area contributed by atoms with Crippen molar-refractivity contribution in [3.05, 3.63) is 42.6 Å². The van der Waals surface area contributed by atoms with Crippen molar-refractivity contribution in [2.24, 2.45) is 5.92 Å². The Hall–Kier alpha value is -2.52. The number of hydrogen-bond donors (Lipinski definition) is 2. The summed E-state index contributed by atoms with van der Waals surface area (Å²) in [5, 5.41) is 5.51. The van der Waals surface area contributed by atoms with Crippen LogP contribution in [-0.2, 0) is 23.6 Å². The highest BCUT2D eigenvalue weighted by Gasteiger charge is 2.38. The van der Waals surface area contributed by atoms with Crippen LogP contribution in [0.15, 0.2) is 42.6 Å². The maximum absolute atomic E-state index is 12.2. The summed E-state index contributed by atoms with van der Waals surface area (Å²) in [5.41, 5.74) is 0. The van der Waals surface area contributed by atoms with E-state index in [1.54, 1.807) is 26.0 Å². The first-order valence-corrected chi connectivity index (χ1v) is 11.9. The van der Waals surface area contributed by atoms with Crippen molar-refractivity contribution < 1.29 is 32.9 Å². The Morgan fingerprint density at radius 1 is 1.30 bits per heavy atom. The van der Waals surface area contributed by atoms with Crippen LogP contribution in [0.5, 0.6) is 5.75 Å². The maximum Gasteiger partial charge on any atom is 0.323 e. The van der Waals surface area contributed by atoms with Gasteiger partial charge in [0.05, 0.1) is 18.8 Å². The van der Waals surface area contributed by atoms with Gasteiger partial charge in [-0.1, -0.05) is 25.1 Å². The first kappa shape index (κ1) is 26.7. The third kappa shape index (κ3) is 9.09. The molecule has 11 heteroatoms. The van der Waals surface area contributed by atoms with E-state index in [9.17, 15) is 14.4 Å². The summed E-state index contributed by atoms with van der Waals surface area (Å²) in [6.45, 7) is 5.63. The van der Waals surface area contributed by atoms with Gasteiger partial charge < -0.3 is 23.8 Å². The van der Waals surface area contributed by atoms with Crippen molar-refractivity contribution in [1.82, 2.24) is 15.3 Å². The van der Waals surface area contributed by atoms with Crippen LogP contribution >= 0.6 is 8.53 Å². The number of ether oxygens (including phenoxy) is 2. The Balaban J connectivity index is 1.98. The van der Waals surface area contributed by atoms with Gasteiger partial charge in [0.2, 0.25) is 0 Å². The van der Waals surface area contributed by atoms with Crippen LogP contribution in [0, 0.1) is 5.92 Å². The number of para-hydroxylation sites is 1. The summed E-state index contributed by atoms with van der Waals surface area (Å²) in [6.07, 6.45) is 2.78. The predicted molar refractivity (Wildman–Crippen MR) is 123 cm³/mol. The third-order valence-corrected chi connectivity index (χ3v) is 5.71. The average Bonchev–Trinajstić information content (AvgIpc) is 3.16. The second-order valence-corrected chi connectivity index (χ2v) is 8.90. The molecule has 182 valence electrons. The second-order valence-electron chi connectivity index (χ2n) is 7.63. The molecule has 1 aliphatic heterocycles. The molecule has 0 aromatic heterocycles. The van der Waals surface area contributed by atoms with Gasteiger partial charge in [-0.05, 0) is 38.5 Å². The number of hydrogen-bond acceptors (Lipinski definition) is 8. The zero-order valence-electron chi connectivity index (χ0n) is 19.3. The van der Waals surface area contributed by atoms with Gasteiger partial charge in [0.1, 0.15) is 24.8 Å². The van der Waals surface area contributed by atoms with E-state index in [1.807, 2.05) is 25.1 Å². The molecule has 1 fully saturated rings. The van der Waals surface area contributed by atoms with Gasteiger partial charge >= 0.3 is 20.5 Å². The molecule has 33 heavy (non-hydrogen) atoms. The van der Waals surface area contributed by atoms with Crippen LogP contribution in [-0.4, -0.2) is 61.8 Å². The molecule has 2 N–H and O–H groups in total. The van der Waals surface area contributed by atoms with E-state index >= 15 is 0 Å². The minimum Gasteiger partial charge on any atom is -0.462 e. The van der Waals surface area contributed by atoms with Crippen molar-refractivity contribution in [2.75, 3.05) is 20.2 Å². The highest BCUT2D eigenvalue weighted by Crippen LogP contribution is 2.37. The van der Waals surface area contributed by atoms with Gasteiger partial charge in [0, 0.05) is 19.2 Å². The minimum atomic E-state index is -1.66. The van der Waals surface area contributed by atoms with E-state index in [0.717, 1.165) is 0 Å². The lowest BCUT2D eigenvalue weighted by Crippen LogP contribution is -2.44. The summed E-state index contributed by atoms with van der Waals surface area (Å²) < 4.78 is 23.0. The molecule has 1 aromatic rings. The fraction of sp³-hybridized carbons (Fsp3) is 0.500. The highest BCUT2D eigenvalue weighted by molar-refractivity contribution is 7.45. The third-order valence-electron chi connectivity index (χ3n) is 4.53. The zero-order chi connectivity index (χ0) is 24.2. The largest absolute Gasteiger partial charge is 0.462 e. The van der Waals surface area contributed by atoms with Gasteiger partial charge in [0.15, 0.2) is 0 Å². The summed E-state index contributed by atoms with van der Waals surface area (Å²) in [4.78, 5) is 36.2. The topological polar surface area (TPSA) is 115 Å². The van der Waals surface area contributed by atoms with Crippen LogP contribution in [0.3, 0.4) is 0 Å². The van der Waals surface area contributed by atoms with Crippen molar-refractivity contribution in [3.8, 4) is 5.75 Å². The van der Waals surface area contributed by atoms with Crippen molar-refractivity contribution >= 4 is 26.8 Å². The molecule has 0 saturated carbocycles. The van der Waals surface area contributed by atoms with E-state index < -0.39 is 20.7 Å². The number of benzene rings is 1. The Kier molecular flexibility index (Phi) is 11.3. The number of nitrogens with one attached hydrogen (secondary N) is 2. The average molecular weight is 481 g/mol. The number of aldehydes is 1. The number of carbonyl (C=O) groups excluding carboxylic acids is 3. The quantitative estimate of drug-likeness (QED) is 0.203. The molecule has 1 heterocycles. The molecular formula is C22H32N3O7P. The molecule has 0 radical (unpaired) electrons. The number of nitrogens with zero attached hydrogens (tertiary/aromatic N) is 1. The van der Waals surface area contributed by atoms with Crippen molar-refractivity contribution in [3.63, 3.8) is 0 Å². The Bertz CT molecular complexity index is 793. The lowest BCUT2D eigenvalue weighted by atomic mass is 10.1. The number of esters is 1. The molecule has 0 bridgehead atoms. The molecule has 10 nitrogen and oxygen atoms in total. The predicted octanol–water partition coefficient (Wildman–Crippen LogP) is 2.96. The first-order valence-electron chi connectivity index (χ1n) is 10.7. The molecule has 4 atom stereocenters. The molecule has 2 amide bonds. The SMILES string of the molecule is CNC(=O)N(/C=C\C=O)[C@@H]1OC(COP(NCC(=O)OC(C)C)Oc2ccccc2)CC1C. The van der Waals surface area contributed by atoms with Crippen molar-refractivity contribution in [2.45, 2.75) is 45.6 Å². The van der Waals surface area contributed by atoms with Gasteiger partial charge in [-0.3, -0.25) is 14.5 Å². The lowest BCUT2D eigenvalue weighted by molar-refractivity contribution is -0.145. The van der Waals surface area contributed by atoms with Crippen LogP contribution in [0.2, 0.25) is 0 Å². The summed E-state index contributed by atoms with van der Waals surface area (Å²) in [6, 6.07) is 8.74. The number of carbonyl (C=O) groups is 3. The van der Waals surface area contributed by atoms with Crippen LogP contribution in [0.25, 0.3) is 0 Å². The zero-order valence-corrected chi connectivity index (χ0v) is 20.2. The molecule has 1 saturated heterocycles. The monoisotopic (exact) mass is 481 g/mol. The first-order chi connectivity index (χ1) is 15.8. The summed E-state index contributed by atoms with van der Waals surface area (Å²) >= 11 is 0. The normalized spacial score (nSPS) is 21.1. The Morgan fingerprint density at radius 3 is 2.67 bits per heavy atom. The van der Waals surface area contributed by atoms with Crippen LogP contribution < -0.4 is 14.9 Å². The highest BCUT2D eigenvalue weighted by atomic mass is 31.2. The van der Waals surface area contributed by atoms with Gasteiger partial charge in [-0.2, -0.15) is 0 Å². The summed E-state index contributed by atoms with van der Waals surface area (Å²) in [5.74, 6) is 0.186. The fourth-order valence-corrected chi connectivity index (χ4v) is 4.24. The molecule has 1 aromatic carbocycles. The van der Waals surface area contributed by atoms with E-state index in [2.05, 4.69) is 10.4 Å². The van der Waals surface area contributed by atoms with E-state index in [-0.39, 0.29) is 37.3 Å². The van der Waals surface area contributed by atoms with E-state index in [1.165, 1.54) is 24.2 Å².